The zero-order chi connectivity index (χ0) is 22.3. The Kier molecular flexibility index (Phi) is 7.17. The Morgan fingerprint density at radius 2 is 1.58 bits per heavy atom. The first-order chi connectivity index (χ1) is 14.9. The average Bonchev–Trinajstić information content (AvgIpc) is 2.79. The summed E-state index contributed by atoms with van der Waals surface area (Å²) in [5.74, 6) is -1.58. The van der Waals surface area contributed by atoms with Crippen LogP contribution in [0.2, 0.25) is 0 Å². The van der Waals surface area contributed by atoms with Gasteiger partial charge in [0.15, 0.2) is 12.2 Å². The van der Waals surface area contributed by atoms with Gasteiger partial charge in [0, 0.05) is 10.0 Å². The topological polar surface area (TPSA) is 108 Å². The van der Waals surface area contributed by atoms with Crippen molar-refractivity contribution in [2.75, 3.05) is 6.61 Å². The van der Waals surface area contributed by atoms with E-state index in [0.717, 1.165) is 0 Å². The van der Waals surface area contributed by atoms with Gasteiger partial charge in [0.1, 0.15) is 5.75 Å². The van der Waals surface area contributed by atoms with Gasteiger partial charge >= 0.3 is 5.97 Å². The van der Waals surface area contributed by atoms with Crippen molar-refractivity contribution in [3.63, 3.8) is 0 Å². The molecule has 0 fully saturated rings. The van der Waals surface area contributed by atoms with E-state index in [9.17, 15) is 14.7 Å². The lowest BCUT2D eigenvalue weighted by Gasteiger charge is -2.27. The largest absolute Gasteiger partial charge is 0.481 e. The summed E-state index contributed by atoms with van der Waals surface area (Å²) in [5, 5.41) is 24.2. The zero-order valence-corrected chi connectivity index (χ0v) is 17.8. The minimum Gasteiger partial charge on any atom is -0.481 e. The Morgan fingerprint density at radius 3 is 2.13 bits per heavy atom. The molecule has 0 aliphatic heterocycles. The molecule has 0 spiro atoms. The highest BCUT2D eigenvalue weighted by atomic mass is 79.9. The van der Waals surface area contributed by atoms with Crippen molar-refractivity contribution in [2.24, 2.45) is 5.10 Å². The molecular weight excluding hydrogens is 464 g/mol. The van der Waals surface area contributed by atoms with E-state index in [2.05, 4.69) is 26.5 Å². The van der Waals surface area contributed by atoms with Crippen LogP contribution in [0.5, 0.6) is 5.75 Å². The number of carboxylic acids is 1. The molecule has 0 aromatic heterocycles. The molecule has 3 aromatic rings. The fourth-order valence-electron chi connectivity index (χ4n) is 2.92. The number of amides is 1. The second kappa shape index (κ2) is 10.0. The second-order valence-electron chi connectivity index (χ2n) is 6.51. The van der Waals surface area contributed by atoms with Crippen molar-refractivity contribution in [3.8, 4) is 5.75 Å². The third-order valence-corrected chi connectivity index (χ3v) is 4.90. The summed E-state index contributed by atoms with van der Waals surface area (Å²) < 4.78 is 5.96. The van der Waals surface area contributed by atoms with Crippen molar-refractivity contribution in [3.05, 3.63) is 100 Å². The molecular formula is C23H19BrN2O5. The number of benzene rings is 3. The van der Waals surface area contributed by atoms with E-state index in [-0.39, 0.29) is 5.75 Å². The highest BCUT2D eigenvalue weighted by Crippen LogP contribution is 2.30. The molecule has 0 bridgehead atoms. The van der Waals surface area contributed by atoms with Crippen molar-refractivity contribution >= 4 is 34.0 Å². The van der Waals surface area contributed by atoms with Crippen LogP contribution in [0, 0.1) is 0 Å². The summed E-state index contributed by atoms with van der Waals surface area (Å²) in [7, 11) is 0. The van der Waals surface area contributed by atoms with Crippen LogP contribution in [0.4, 0.5) is 0 Å². The first-order valence-electron chi connectivity index (χ1n) is 9.22. The van der Waals surface area contributed by atoms with Gasteiger partial charge in [0.25, 0.3) is 5.91 Å². The van der Waals surface area contributed by atoms with Crippen LogP contribution in [-0.4, -0.2) is 34.9 Å². The van der Waals surface area contributed by atoms with E-state index in [0.29, 0.717) is 21.2 Å². The van der Waals surface area contributed by atoms with Crippen LogP contribution < -0.4 is 10.2 Å². The number of ether oxygens (including phenoxy) is 1. The molecule has 0 saturated heterocycles. The molecule has 1 amide bonds. The summed E-state index contributed by atoms with van der Waals surface area (Å²) in [5.41, 5.74) is 1.64. The number of nitrogens with one attached hydrogen (secondary N) is 1. The molecule has 0 radical (unpaired) electrons. The Hall–Kier alpha value is -3.49. The number of rotatable bonds is 8. The molecule has 7 nitrogen and oxygen atoms in total. The minimum atomic E-state index is -1.96. The summed E-state index contributed by atoms with van der Waals surface area (Å²) in [6.45, 7) is -0.517. The molecule has 0 aliphatic rings. The van der Waals surface area contributed by atoms with Gasteiger partial charge < -0.3 is 14.9 Å². The Balaban J connectivity index is 1.86. The van der Waals surface area contributed by atoms with E-state index in [1.807, 2.05) is 0 Å². The quantitative estimate of drug-likeness (QED) is 0.337. The minimum absolute atomic E-state index is 0.282. The number of carbonyl (C=O) groups excluding carboxylic acids is 1. The van der Waals surface area contributed by atoms with Crippen molar-refractivity contribution in [2.45, 2.75) is 5.60 Å². The molecule has 31 heavy (non-hydrogen) atoms. The van der Waals surface area contributed by atoms with Crippen LogP contribution in [0.15, 0.2) is 88.4 Å². The molecule has 8 heteroatoms. The Bertz CT molecular complexity index is 1050. The second-order valence-corrected chi connectivity index (χ2v) is 7.42. The van der Waals surface area contributed by atoms with E-state index in [1.54, 1.807) is 78.9 Å². The highest BCUT2D eigenvalue weighted by molar-refractivity contribution is 9.10. The maximum atomic E-state index is 13.0. The Morgan fingerprint density at radius 1 is 1.00 bits per heavy atom. The summed E-state index contributed by atoms with van der Waals surface area (Å²) in [4.78, 5) is 23.8. The smallest absolute Gasteiger partial charge is 0.341 e. The van der Waals surface area contributed by atoms with Crippen LogP contribution in [0.1, 0.15) is 16.7 Å². The predicted octanol–water partition coefficient (Wildman–Crippen LogP) is 3.30. The molecule has 0 atom stereocenters. The monoisotopic (exact) mass is 482 g/mol. The molecule has 3 aromatic carbocycles. The van der Waals surface area contributed by atoms with E-state index < -0.39 is 24.1 Å². The van der Waals surface area contributed by atoms with Gasteiger partial charge in [-0.1, -0.05) is 76.6 Å². The average molecular weight is 483 g/mol. The van der Waals surface area contributed by atoms with Gasteiger partial charge in [-0.2, -0.15) is 5.10 Å². The van der Waals surface area contributed by atoms with Crippen molar-refractivity contribution < 1.29 is 24.5 Å². The number of hydrogen-bond donors (Lipinski definition) is 3. The third-order valence-electron chi connectivity index (χ3n) is 4.40. The zero-order valence-electron chi connectivity index (χ0n) is 16.2. The third kappa shape index (κ3) is 5.36. The fraction of sp³-hybridized carbons (Fsp3) is 0.0870. The number of aliphatic carboxylic acids is 1. The standard InChI is InChI=1S/C23H19BrN2O5/c24-19-11-12-20(31-15-21(27)28)16(13-19)14-25-26-22(29)23(30,17-7-3-1-4-8-17)18-9-5-2-6-10-18/h1-14,30H,15H2,(H,26,29)(H,27,28)/b25-14-. The molecule has 3 N–H and O–H groups in total. The Labute approximate surface area is 187 Å². The van der Waals surface area contributed by atoms with Gasteiger partial charge in [-0.05, 0) is 29.3 Å². The predicted molar refractivity (Wildman–Crippen MR) is 119 cm³/mol. The molecule has 0 saturated carbocycles. The van der Waals surface area contributed by atoms with Gasteiger partial charge in [0.05, 0.1) is 6.21 Å². The van der Waals surface area contributed by atoms with Gasteiger partial charge in [-0.3, -0.25) is 4.79 Å². The first kappa shape index (κ1) is 22.2. The van der Waals surface area contributed by atoms with E-state index in [1.165, 1.54) is 6.21 Å². The number of aliphatic hydroxyl groups is 1. The number of hydrogen-bond acceptors (Lipinski definition) is 5. The SMILES string of the molecule is O=C(O)COc1ccc(Br)cc1/C=N\NC(=O)C(O)(c1ccccc1)c1ccccc1. The molecule has 3 rings (SSSR count). The van der Waals surface area contributed by atoms with Crippen molar-refractivity contribution in [1.29, 1.82) is 0 Å². The number of nitrogens with zero attached hydrogens (tertiary/aromatic N) is 1. The first-order valence-corrected chi connectivity index (χ1v) is 10.0. The number of hydrazone groups is 1. The molecule has 0 aliphatic carbocycles. The maximum Gasteiger partial charge on any atom is 0.341 e. The summed E-state index contributed by atoms with van der Waals surface area (Å²) >= 11 is 3.33. The van der Waals surface area contributed by atoms with Crippen LogP contribution >= 0.6 is 15.9 Å². The number of carboxylic acid groups (broad SMARTS) is 1. The lowest BCUT2D eigenvalue weighted by atomic mass is 9.85. The van der Waals surface area contributed by atoms with Crippen LogP contribution in [-0.2, 0) is 15.2 Å². The van der Waals surface area contributed by atoms with Crippen LogP contribution in [0.3, 0.4) is 0 Å². The van der Waals surface area contributed by atoms with Crippen molar-refractivity contribution in [1.82, 2.24) is 5.43 Å². The lowest BCUT2D eigenvalue weighted by Crippen LogP contribution is -2.43. The normalized spacial score (nSPS) is 11.3. The highest BCUT2D eigenvalue weighted by Gasteiger charge is 2.39. The summed E-state index contributed by atoms with van der Waals surface area (Å²) in [6.07, 6.45) is 1.32. The maximum absolute atomic E-state index is 13.0. The molecule has 0 heterocycles. The molecule has 158 valence electrons. The van der Waals surface area contributed by atoms with Crippen LogP contribution in [0.25, 0.3) is 0 Å². The molecule has 0 unspecified atom stereocenters. The lowest BCUT2D eigenvalue weighted by molar-refractivity contribution is -0.139. The fourth-order valence-corrected chi connectivity index (χ4v) is 3.30. The van der Waals surface area contributed by atoms with E-state index in [4.69, 9.17) is 9.84 Å². The van der Waals surface area contributed by atoms with E-state index >= 15 is 0 Å². The number of carbonyl (C=O) groups is 2. The summed E-state index contributed by atoms with van der Waals surface area (Å²) in [6, 6.07) is 22.1. The van der Waals surface area contributed by atoms with Gasteiger partial charge in [0.2, 0.25) is 0 Å². The van der Waals surface area contributed by atoms with Gasteiger partial charge in [-0.25, -0.2) is 10.2 Å². The van der Waals surface area contributed by atoms with Gasteiger partial charge in [-0.15, -0.1) is 0 Å². The number of halogens is 1.